The third-order valence-electron chi connectivity index (χ3n) is 1.90. The van der Waals surface area contributed by atoms with Gasteiger partial charge in [0, 0.05) is 5.02 Å². The number of hydrogen-bond donors (Lipinski definition) is 0. The molecule has 0 saturated carbocycles. The lowest BCUT2D eigenvalue weighted by molar-refractivity contribution is -0.104. The molecule has 1 aromatic rings. The number of halogens is 1. The van der Waals surface area contributed by atoms with Crippen molar-refractivity contribution in [2.24, 2.45) is 0 Å². The second kappa shape index (κ2) is 8.31. The first kappa shape index (κ1) is 13.2. The molecule has 0 saturated heterocycles. The molecule has 0 aromatic heterocycles. The first-order chi connectivity index (χ1) is 8.33. The highest BCUT2D eigenvalue weighted by Crippen LogP contribution is 2.10. The Balaban J connectivity index is 2.42. The van der Waals surface area contributed by atoms with Crippen molar-refractivity contribution in [3.8, 4) is 0 Å². The maximum atomic E-state index is 9.96. The van der Waals surface area contributed by atoms with E-state index in [1.165, 1.54) is 6.08 Å². The van der Waals surface area contributed by atoms with Gasteiger partial charge in [-0.15, -0.1) is 0 Å². The number of aldehydes is 1. The summed E-state index contributed by atoms with van der Waals surface area (Å²) in [4.78, 5) is 9.96. The summed E-state index contributed by atoms with van der Waals surface area (Å²) in [7, 11) is 0. The lowest BCUT2D eigenvalue weighted by Gasteiger charge is -1.91. The Hall–Kier alpha value is -1.86. The third kappa shape index (κ3) is 6.33. The summed E-state index contributed by atoms with van der Waals surface area (Å²) >= 11 is 5.78. The summed E-state index contributed by atoms with van der Waals surface area (Å²) in [6, 6.07) is 7.62. The van der Waals surface area contributed by atoms with E-state index in [9.17, 15) is 4.79 Å². The van der Waals surface area contributed by atoms with E-state index in [0.717, 1.165) is 16.9 Å². The van der Waals surface area contributed by atoms with Gasteiger partial charge >= 0.3 is 0 Å². The van der Waals surface area contributed by atoms with Crippen molar-refractivity contribution in [1.29, 1.82) is 0 Å². The standard InChI is InChI=1S/C15H13ClO/c16-15-11-9-14(10-12-15)8-6-4-2-1-3-5-7-13-17/h1-13H/b3-1+,4-2+,7-5+,8-6+. The molecule has 1 nitrogen and oxygen atoms in total. The van der Waals surface area contributed by atoms with Crippen LogP contribution in [0, 0.1) is 0 Å². The minimum absolute atomic E-state index is 0.739. The number of carbonyl (C=O) groups excluding carboxylic acids is 1. The highest BCUT2D eigenvalue weighted by Gasteiger charge is 1.85. The molecule has 0 radical (unpaired) electrons. The van der Waals surface area contributed by atoms with Crippen molar-refractivity contribution >= 4 is 24.0 Å². The van der Waals surface area contributed by atoms with Crippen LogP contribution in [0.4, 0.5) is 0 Å². The van der Waals surface area contributed by atoms with Gasteiger partial charge in [0.1, 0.15) is 6.29 Å². The summed E-state index contributed by atoms with van der Waals surface area (Å²) in [5, 5.41) is 0.739. The van der Waals surface area contributed by atoms with Crippen LogP contribution < -0.4 is 0 Å². The SMILES string of the molecule is O=C/C=C/C=C/C=C/C=C/c1ccc(Cl)cc1. The van der Waals surface area contributed by atoms with Crippen LogP contribution in [0.5, 0.6) is 0 Å². The van der Waals surface area contributed by atoms with Crippen LogP contribution in [0.25, 0.3) is 6.08 Å². The van der Waals surface area contributed by atoms with Crippen molar-refractivity contribution in [3.05, 3.63) is 77.4 Å². The molecule has 0 amide bonds. The molecule has 0 bridgehead atoms. The second-order valence-electron chi connectivity index (χ2n) is 3.20. The first-order valence-corrected chi connectivity index (χ1v) is 5.58. The Morgan fingerprint density at radius 3 is 1.88 bits per heavy atom. The van der Waals surface area contributed by atoms with Gasteiger partial charge < -0.3 is 0 Å². The fourth-order valence-electron chi connectivity index (χ4n) is 1.11. The Kier molecular flexibility index (Phi) is 6.46. The van der Waals surface area contributed by atoms with Gasteiger partial charge in [-0.3, -0.25) is 4.79 Å². The largest absolute Gasteiger partial charge is 0.299 e. The van der Waals surface area contributed by atoms with Crippen LogP contribution in [-0.2, 0) is 4.79 Å². The van der Waals surface area contributed by atoms with E-state index >= 15 is 0 Å². The van der Waals surface area contributed by atoms with Crippen molar-refractivity contribution in [2.75, 3.05) is 0 Å². The number of benzene rings is 1. The van der Waals surface area contributed by atoms with E-state index in [0.29, 0.717) is 0 Å². The summed E-state index contributed by atoms with van der Waals surface area (Å²) < 4.78 is 0. The molecule has 0 spiro atoms. The zero-order valence-corrected chi connectivity index (χ0v) is 10.0. The van der Waals surface area contributed by atoms with Crippen LogP contribution in [0.15, 0.2) is 66.8 Å². The van der Waals surface area contributed by atoms with Crippen molar-refractivity contribution in [1.82, 2.24) is 0 Å². The van der Waals surface area contributed by atoms with Crippen LogP contribution in [0.2, 0.25) is 5.02 Å². The van der Waals surface area contributed by atoms with E-state index in [-0.39, 0.29) is 0 Å². The molecule has 0 aliphatic carbocycles. The van der Waals surface area contributed by atoms with Gasteiger partial charge in [0.05, 0.1) is 0 Å². The Bertz CT molecular complexity index is 450. The summed E-state index contributed by atoms with van der Waals surface area (Å²) in [6.07, 6.45) is 15.2. The minimum Gasteiger partial charge on any atom is -0.299 e. The first-order valence-electron chi connectivity index (χ1n) is 5.20. The van der Waals surface area contributed by atoms with Crippen LogP contribution in [0.3, 0.4) is 0 Å². The van der Waals surface area contributed by atoms with Gasteiger partial charge in [-0.1, -0.05) is 66.3 Å². The maximum Gasteiger partial charge on any atom is 0.142 e. The predicted octanol–water partition coefficient (Wildman–Crippen LogP) is 4.22. The topological polar surface area (TPSA) is 17.1 Å². The molecule has 0 atom stereocenters. The molecular formula is C15H13ClO. The molecule has 0 aliphatic rings. The molecule has 0 N–H and O–H groups in total. The zero-order valence-electron chi connectivity index (χ0n) is 9.29. The van der Waals surface area contributed by atoms with Gasteiger partial charge in [0.15, 0.2) is 0 Å². The molecule has 0 fully saturated rings. The smallest absolute Gasteiger partial charge is 0.142 e. The highest BCUT2D eigenvalue weighted by molar-refractivity contribution is 6.30. The molecule has 2 heteroatoms. The predicted molar refractivity (Wildman–Crippen MR) is 74.0 cm³/mol. The molecule has 1 rings (SSSR count). The van der Waals surface area contributed by atoms with Crippen molar-refractivity contribution in [2.45, 2.75) is 0 Å². The molecule has 0 aliphatic heterocycles. The average molecular weight is 245 g/mol. The number of allylic oxidation sites excluding steroid dienone is 7. The zero-order chi connectivity index (χ0) is 12.3. The highest BCUT2D eigenvalue weighted by atomic mass is 35.5. The Morgan fingerprint density at radius 2 is 1.29 bits per heavy atom. The van der Waals surface area contributed by atoms with Crippen LogP contribution in [-0.4, -0.2) is 6.29 Å². The monoisotopic (exact) mass is 244 g/mol. The van der Waals surface area contributed by atoms with E-state index < -0.39 is 0 Å². The van der Waals surface area contributed by atoms with Crippen molar-refractivity contribution < 1.29 is 4.79 Å². The van der Waals surface area contributed by atoms with Crippen LogP contribution in [0.1, 0.15) is 5.56 Å². The molecule has 1 aromatic carbocycles. The number of rotatable bonds is 5. The summed E-state index contributed by atoms with van der Waals surface area (Å²) in [5.74, 6) is 0. The Labute approximate surface area is 106 Å². The molecule has 17 heavy (non-hydrogen) atoms. The maximum absolute atomic E-state index is 9.96. The molecule has 0 unspecified atom stereocenters. The summed E-state index contributed by atoms with van der Waals surface area (Å²) in [6.45, 7) is 0. The van der Waals surface area contributed by atoms with Gasteiger partial charge in [-0.05, 0) is 23.8 Å². The minimum atomic E-state index is 0.739. The second-order valence-corrected chi connectivity index (χ2v) is 3.64. The van der Waals surface area contributed by atoms with E-state index in [4.69, 9.17) is 11.6 Å². The number of carbonyl (C=O) groups is 1. The quantitative estimate of drug-likeness (QED) is 0.431. The fourth-order valence-corrected chi connectivity index (χ4v) is 1.23. The van der Waals surface area contributed by atoms with Gasteiger partial charge in [0.25, 0.3) is 0 Å². The molecular weight excluding hydrogens is 232 g/mol. The van der Waals surface area contributed by atoms with Gasteiger partial charge in [-0.25, -0.2) is 0 Å². The lowest BCUT2D eigenvalue weighted by atomic mass is 10.2. The van der Waals surface area contributed by atoms with E-state index in [1.807, 2.05) is 54.6 Å². The molecule has 0 heterocycles. The van der Waals surface area contributed by atoms with E-state index in [2.05, 4.69) is 0 Å². The average Bonchev–Trinajstić information content (AvgIpc) is 2.35. The fraction of sp³-hybridized carbons (Fsp3) is 0. The number of hydrogen-bond acceptors (Lipinski definition) is 1. The van der Waals surface area contributed by atoms with Crippen LogP contribution >= 0.6 is 11.6 Å². The summed E-state index contributed by atoms with van der Waals surface area (Å²) in [5.41, 5.74) is 1.10. The third-order valence-corrected chi connectivity index (χ3v) is 2.16. The normalized spacial score (nSPS) is 12.3. The van der Waals surface area contributed by atoms with Crippen molar-refractivity contribution in [3.63, 3.8) is 0 Å². The van der Waals surface area contributed by atoms with Gasteiger partial charge in [0.2, 0.25) is 0 Å². The Morgan fingerprint density at radius 1 is 0.765 bits per heavy atom. The molecule has 86 valence electrons. The lowest BCUT2D eigenvalue weighted by Crippen LogP contribution is -1.69. The van der Waals surface area contributed by atoms with E-state index in [1.54, 1.807) is 12.2 Å². The van der Waals surface area contributed by atoms with Gasteiger partial charge in [-0.2, -0.15) is 0 Å².